The zero-order chi connectivity index (χ0) is 10.7. The van der Waals surface area contributed by atoms with Crippen molar-refractivity contribution < 1.29 is 4.79 Å². The molecule has 4 N–H and O–H groups in total. The summed E-state index contributed by atoms with van der Waals surface area (Å²) in [7, 11) is 0. The molecule has 1 atom stereocenters. The molecule has 0 aliphatic rings. The first kappa shape index (κ1) is 10.9. The average molecular weight is 210 g/mol. The molecule has 0 spiro atoms. The van der Waals surface area contributed by atoms with Gasteiger partial charge in [-0.1, -0.05) is 6.07 Å². The first-order chi connectivity index (χ1) is 6.52. The van der Waals surface area contributed by atoms with Gasteiger partial charge in [0.15, 0.2) is 0 Å². The van der Waals surface area contributed by atoms with E-state index in [1.807, 2.05) is 25.1 Å². The minimum atomic E-state index is -0.308. The maximum absolute atomic E-state index is 10.9. The van der Waals surface area contributed by atoms with Gasteiger partial charge in [-0.2, -0.15) is 0 Å². The molecule has 0 heterocycles. The molecule has 4 heteroatoms. The van der Waals surface area contributed by atoms with E-state index in [9.17, 15) is 4.79 Å². The molecule has 14 heavy (non-hydrogen) atoms. The topological polar surface area (TPSA) is 69.1 Å². The van der Waals surface area contributed by atoms with E-state index in [1.54, 1.807) is 6.92 Å². The molecule has 3 nitrogen and oxygen atoms in total. The van der Waals surface area contributed by atoms with Crippen molar-refractivity contribution in [2.75, 3.05) is 5.73 Å². The number of anilines is 1. The largest absolute Gasteiger partial charge is 0.398 e. The smallest absolute Gasteiger partial charge is 0.230 e. The van der Waals surface area contributed by atoms with Gasteiger partial charge < -0.3 is 11.5 Å². The summed E-state index contributed by atoms with van der Waals surface area (Å²) in [5, 5.41) is -0.226. The molecule has 0 aliphatic carbocycles. The summed E-state index contributed by atoms with van der Waals surface area (Å²) in [5.41, 5.74) is 12.7. The second kappa shape index (κ2) is 4.37. The summed E-state index contributed by atoms with van der Waals surface area (Å²) in [6.45, 7) is 3.72. The molecule has 0 saturated carbocycles. The first-order valence-corrected chi connectivity index (χ1v) is 5.21. The van der Waals surface area contributed by atoms with E-state index in [4.69, 9.17) is 11.5 Å². The zero-order valence-corrected chi connectivity index (χ0v) is 9.10. The summed E-state index contributed by atoms with van der Waals surface area (Å²) in [5.74, 6) is -0.308. The maximum Gasteiger partial charge on any atom is 0.230 e. The lowest BCUT2D eigenvalue weighted by Gasteiger charge is -2.10. The summed E-state index contributed by atoms with van der Waals surface area (Å²) in [6.07, 6.45) is 0. The number of hydrogen-bond acceptors (Lipinski definition) is 3. The number of thioether (sulfide) groups is 1. The Morgan fingerprint density at radius 3 is 2.71 bits per heavy atom. The van der Waals surface area contributed by atoms with Crippen molar-refractivity contribution in [1.29, 1.82) is 0 Å². The number of nitrogens with two attached hydrogens (primary N) is 2. The van der Waals surface area contributed by atoms with Crippen molar-refractivity contribution in [3.63, 3.8) is 0 Å². The van der Waals surface area contributed by atoms with E-state index in [1.165, 1.54) is 11.8 Å². The fourth-order valence-electron chi connectivity index (χ4n) is 1.01. The lowest BCUT2D eigenvalue weighted by Crippen LogP contribution is -2.22. The highest BCUT2D eigenvalue weighted by molar-refractivity contribution is 8.00. The molecule has 0 aromatic heterocycles. The number of nitrogen functional groups attached to an aromatic ring is 1. The molecule has 1 amide bonds. The van der Waals surface area contributed by atoms with Gasteiger partial charge in [0.05, 0.1) is 5.25 Å². The molecule has 76 valence electrons. The van der Waals surface area contributed by atoms with E-state index in [2.05, 4.69) is 0 Å². The predicted octanol–water partition coefficient (Wildman–Crippen LogP) is 1.54. The van der Waals surface area contributed by atoms with E-state index < -0.39 is 0 Å². The number of carbonyl (C=O) groups is 1. The van der Waals surface area contributed by atoms with Crippen LogP contribution in [0.1, 0.15) is 12.5 Å². The molecular weight excluding hydrogens is 196 g/mol. The number of benzene rings is 1. The number of primary amides is 1. The number of amides is 1. The molecule has 1 rings (SSSR count). The van der Waals surface area contributed by atoms with Crippen LogP contribution in [0.3, 0.4) is 0 Å². The molecular formula is C10H14N2OS. The predicted molar refractivity (Wildman–Crippen MR) is 60.1 cm³/mol. The normalized spacial score (nSPS) is 12.4. The molecule has 0 fully saturated rings. The Hall–Kier alpha value is -1.16. The molecule has 1 aromatic carbocycles. The molecule has 0 aliphatic heterocycles. The number of rotatable bonds is 3. The van der Waals surface area contributed by atoms with Gasteiger partial charge in [-0.25, -0.2) is 0 Å². The van der Waals surface area contributed by atoms with Gasteiger partial charge in [-0.05, 0) is 31.5 Å². The van der Waals surface area contributed by atoms with Crippen molar-refractivity contribution in [3.8, 4) is 0 Å². The Kier molecular flexibility index (Phi) is 3.41. The third kappa shape index (κ3) is 2.42. The van der Waals surface area contributed by atoms with Crippen molar-refractivity contribution in [1.82, 2.24) is 0 Å². The van der Waals surface area contributed by atoms with Crippen LogP contribution in [0.2, 0.25) is 0 Å². The Morgan fingerprint density at radius 2 is 2.14 bits per heavy atom. The number of hydrogen-bond donors (Lipinski definition) is 2. The van der Waals surface area contributed by atoms with Crippen LogP contribution < -0.4 is 11.5 Å². The second-order valence-corrected chi connectivity index (χ2v) is 4.52. The third-order valence-corrected chi connectivity index (χ3v) is 3.31. The Morgan fingerprint density at radius 1 is 1.50 bits per heavy atom. The van der Waals surface area contributed by atoms with Crippen LogP contribution in [-0.2, 0) is 4.79 Å². The minimum absolute atomic E-state index is 0.226. The highest BCUT2D eigenvalue weighted by Gasteiger charge is 2.12. The van der Waals surface area contributed by atoms with E-state index in [-0.39, 0.29) is 11.2 Å². The van der Waals surface area contributed by atoms with Crippen LogP contribution in [0, 0.1) is 6.92 Å². The van der Waals surface area contributed by atoms with Gasteiger partial charge in [-0.3, -0.25) is 4.79 Å². The summed E-state index contributed by atoms with van der Waals surface area (Å²) in [6, 6.07) is 5.66. The van der Waals surface area contributed by atoms with Crippen LogP contribution in [0.15, 0.2) is 23.1 Å². The summed E-state index contributed by atoms with van der Waals surface area (Å²) in [4.78, 5) is 11.9. The highest BCUT2D eigenvalue weighted by Crippen LogP contribution is 2.29. The van der Waals surface area contributed by atoms with Gasteiger partial charge >= 0.3 is 0 Å². The van der Waals surface area contributed by atoms with Gasteiger partial charge in [-0.15, -0.1) is 11.8 Å². The summed E-state index contributed by atoms with van der Waals surface area (Å²) < 4.78 is 0. The fourth-order valence-corrected chi connectivity index (χ4v) is 1.96. The van der Waals surface area contributed by atoms with Gasteiger partial charge in [0.25, 0.3) is 0 Å². The highest BCUT2D eigenvalue weighted by atomic mass is 32.2. The first-order valence-electron chi connectivity index (χ1n) is 4.33. The number of carbonyl (C=O) groups excluding carboxylic acids is 1. The maximum atomic E-state index is 10.9. The minimum Gasteiger partial charge on any atom is -0.398 e. The lowest BCUT2D eigenvalue weighted by atomic mass is 10.2. The lowest BCUT2D eigenvalue weighted by molar-refractivity contribution is -0.117. The molecule has 0 radical (unpaired) electrons. The van der Waals surface area contributed by atoms with Crippen LogP contribution in [0.4, 0.5) is 5.69 Å². The standard InChI is InChI=1S/C10H14N2OS/c1-6-8(11)4-3-5-9(6)14-7(2)10(12)13/h3-5,7H,11H2,1-2H3,(H2,12,13). The van der Waals surface area contributed by atoms with Gasteiger partial charge in [0.2, 0.25) is 5.91 Å². The van der Waals surface area contributed by atoms with Crippen molar-refractivity contribution in [3.05, 3.63) is 23.8 Å². The molecule has 1 aromatic rings. The zero-order valence-electron chi connectivity index (χ0n) is 8.28. The SMILES string of the molecule is Cc1c(N)cccc1SC(C)C(N)=O. The van der Waals surface area contributed by atoms with Gasteiger partial charge in [0.1, 0.15) is 0 Å². The quantitative estimate of drug-likeness (QED) is 0.587. The van der Waals surface area contributed by atoms with Crippen molar-refractivity contribution in [2.24, 2.45) is 5.73 Å². The van der Waals surface area contributed by atoms with Crippen molar-refractivity contribution >= 4 is 23.4 Å². The molecule has 1 unspecified atom stereocenters. The average Bonchev–Trinajstić information content (AvgIpc) is 2.12. The van der Waals surface area contributed by atoms with Gasteiger partial charge in [0, 0.05) is 10.6 Å². The van der Waals surface area contributed by atoms with E-state index in [0.717, 1.165) is 16.1 Å². The van der Waals surface area contributed by atoms with Crippen LogP contribution in [0.5, 0.6) is 0 Å². The summed E-state index contributed by atoms with van der Waals surface area (Å²) >= 11 is 1.44. The monoisotopic (exact) mass is 210 g/mol. The van der Waals surface area contributed by atoms with E-state index in [0.29, 0.717) is 0 Å². The van der Waals surface area contributed by atoms with Crippen LogP contribution >= 0.6 is 11.8 Å². The van der Waals surface area contributed by atoms with Crippen LogP contribution in [-0.4, -0.2) is 11.2 Å². The second-order valence-electron chi connectivity index (χ2n) is 3.13. The Balaban J connectivity index is 2.87. The van der Waals surface area contributed by atoms with Crippen molar-refractivity contribution in [2.45, 2.75) is 24.0 Å². The fraction of sp³-hybridized carbons (Fsp3) is 0.300. The Bertz CT molecular complexity index is 352. The third-order valence-electron chi connectivity index (χ3n) is 2.03. The molecule has 0 saturated heterocycles. The Labute approximate surface area is 87.9 Å². The molecule has 0 bridgehead atoms. The van der Waals surface area contributed by atoms with E-state index >= 15 is 0 Å². The van der Waals surface area contributed by atoms with Crippen LogP contribution in [0.25, 0.3) is 0 Å².